The van der Waals surface area contributed by atoms with Crippen molar-refractivity contribution in [3.05, 3.63) is 57.5 Å². The summed E-state index contributed by atoms with van der Waals surface area (Å²) in [6, 6.07) is 10.6. The molecule has 2 aliphatic heterocycles. The smallest absolute Gasteiger partial charge is 0.257 e. The highest BCUT2D eigenvalue weighted by atomic mass is 16.1. The lowest BCUT2D eigenvalue weighted by atomic mass is 9.99. The summed E-state index contributed by atoms with van der Waals surface area (Å²) >= 11 is 0. The van der Waals surface area contributed by atoms with Crippen molar-refractivity contribution in [1.29, 1.82) is 0 Å². The third kappa shape index (κ3) is 3.47. The first kappa shape index (κ1) is 16.3. The molecule has 1 atom stereocenters. The zero-order chi connectivity index (χ0) is 17.2. The van der Waals surface area contributed by atoms with E-state index >= 15 is 0 Å². The summed E-state index contributed by atoms with van der Waals surface area (Å²) in [6.45, 7) is 6.90. The second-order valence-electron chi connectivity index (χ2n) is 7.31. The molecule has 0 spiro atoms. The van der Waals surface area contributed by atoms with Crippen LogP contribution in [0.3, 0.4) is 0 Å². The average molecular weight is 338 g/mol. The third-order valence-corrected chi connectivity index (χ3v) is 5.44. The van der Waals surface area contributed by atoms with Crippen LogP contribution in [0.2, 0.25) is 0 Å². The molecule has 0 amide bonds. The fourth-order valence-electron chi connectivity index (χ4n) is 3.98. The SMILES string of the molecule is C[C@@H](CN1CCc2nc(N3CCCC3)[nH]c(=O)c2C1)c1ccccc1. The first-order chi connectivity index (χ1) is 12.2. The molecule has 1 N–H and O–H groups in total. The van der Waals surface area contributed by atoms with E-state index in [1.807, 2.05) is 0 Å². The summed E-state index contributed by atoms with van der Waals surface area (Å²) in [7, 11) is 0. The normalized spacial score (nSPS) is 19.0. The Balaban J connectivity index is 1.48. The average Bonchev–Trinajstić information content (AvgIpc) is 3.17. The fourth-order valence-corrected chi connectivity index (χ4v) is 3.98. The molecule has 3 heterocycles. The molecule has 0 unspecified atom stereocenters. The molecular formula is C20H26N4O. The molecule has 0 saturated carbocycles. The van der Waals surface area contributed by atoms with Crippen LogP contribution in [0, 0.1) is 0 Å². The van der Waals surface area contributed by atoms with E-state index in [1.165, 1.54) is 18.4 Å². The Kier molecular flexibility index (Phi) is 4.57. The van der Waals surface area contributed by atoms with Crippen LogP contribution in [0.5, 0.6) is 0 Å². The molecule has 1 saturated heterocycles. The second-order valence-corrected chi connectivity index (χ2v) is 7.31. The number of hydrogen-bond donors (Lipinski definition) is 1. The monoisotopic (exact) mass is 338 g/mol. The molecule has 2 aliphatic rings. The number of benzene rings is 1. The van der Waals surface area contributed by atoms with Gasteiger partial charge in [0.1, 0.15) is 0 Å². The van der Waals surface area contributed by atoms with E-state index in [0.717, 1.165) is 49.8 Å². The number of hydrogen-bond acceptors (Lipinski definition) is 4. The minimum Gasteiger partial charge on any atom is -0.342 e. The number of nitrogens with zero attached hydrogens (tertiary/aromatic N) is 3. The topological polar surface area (TPSA) is 52.2 Å². The van der Waals surface area contributed by atoms with Gasteiger partial charge in [-0.3, -0.25) is 14.7 Å². The van der Waals surface area contributed by atoms with Crippen LogP contribution in [0.4, 0.5) is 5.95 Å². The highest BCUT2D eigenvalue weighted by molar-refractivity contribution is 5.35. The van der Waals surface area contributed by atoms with E-state index in [1.54, 1.807) is 0 Å². The molecule has 1 fully saturated rings. The maximum Gasteiger partial charge on any atom is 0.257 e. The van der Waals surface area contributed by atoms with E-state index in [-0.39, 0.29) is 5.56 Å². The summed E-state index contributed by atoms with van der Waals surface area (Å²) < 4.78 is 0. The maximum atomic E-state index is 12.6. The fraction of sp³-hybridized carbons (Fsp3) is 0.500. The largest absolute Gasteiger partial charge is 0.342 e. The molecule has 132 valence electrons. The Morgan fingerprint density at radius 3 is 2.68 bits per heavy atom. The van der Waals surface area contributed by atoms with Crippen LogP contribution in [-0.2, 0) is 13.0 Å². The highest BCUT2D eigenvalue weighted by Gasteiger charge is 2.24. The van der Waals surface area contributed by atoms with Gasteiger partial charge in [-0.1, -0.05) is 37.3 Å². The predicted octanol–water partition coefficient (Wildman–Crippen LogP) is 2.53. The minimum atomic E-state index is 0.0453. The van der Waals surface area contributed by atoms with Gasteiger partial charge in [-0.2, -0.15) is 0 Å². The summed E-state index contributed by atoms with van der Waals surface area (Å²) in [4.78, 5) is 25.0. The number of rotatable bonds is 4. The van der Waals surface area contributed by atoms with Gasteiger partial charge in [0.05, 0.1) is 11.3 Å². The van der Waals surface area contributed by atoms with E-state index in [0.29, 0.717) is 12.5 Å². The molecule has 5 nitrogen and oxygen atoms in total. The van der Waals surface area contributed by atoms with Gasteiger partial charge in [0.25, 0.3) is 5.56 Å². The van der Waals surface area contributed by atoms with Crippen LogP contribution in [0.1, 0.15) is 42.5 Å². The molecule has 5 heteroatoms. The zero-order valence-electron chi connectivity index (χ0n) is 14.9. The van der Waals surface area contributed by atoms with E-state index < -0.39 is 0 Å². The van der Waals surface area contributed by atoms with Gasteiger partial charge in [0.2, 0.25) is 5.95 Å². The van der Waals surface area contributed by atoms with Crippen molar-refractivity contribution >= 4 is 5.95 Å². The van der Waals surface area contributed by atoms with Crippen LogP contribution in [0.25, 0.3) is 0 Å². The molecule has 4 rings (SSSR count). The zero-order valence-corrected chi connectivity index (χ0v) is 14.9. The molecule has 0 radical (unpaired) electrons. The van der Waals surface area contributed by atoms with E-state index in [4.69, 9.17) is 4.98 Å². The predicted molar refractivity (Wildman–Crippen MR) is 100 cm³/mol. The standard InChI is InChI=1S/C20H26N4O/c1-15(16-7-3-2-4-8-16)13-23-12-9-18-17(14-23)19(25)22-20(21-18)24-10-5-6-11-24/h2-4,7-8,15H,5-6,9-14H2,1H3,(H,21,22,25)/t15-/m0/s1. The van der Waals surface area contributed by atoms with Crippen molar-refractivity contribution in [3.63, 3.8) is 0 Å². The van der Waals surface area contributed by atoms with Gasteiger partial charge < -0.3 is 4.90 Å². The molecule has 0 bridgehead atoms. The van der Waals surface area contributed by atoms with Crippen molar-refractivity contribution in [2.75, 3.05) is 31.1 Å². The summed E-state index contributed by atoms with van der Waals surface area (Å²) in [5, 5.41) is 0. The summed E-state index contributed by atoms with van der Waals surface area (Å²) in [5.74, 6) is 1.23. The van der Waals surface area contributed by atoms with Crippen LogP contribution < -0.4 is 10.5 Å². The second kappa shape index (κ2) is 7.00. The van der Waals surface area contributed by atoms with Gasteiger partial charge in [0, 0.05) is 39.1 Å². The highest BCUT2D eigenvalue weighted by Crippen LogP contribution is 2.22. The number of fused-ring (bicyclic) bond motifs is 1. The van der Waals surface area contributed by atoms with E-state index in [2.05, 4.69) is 52.0 Å². The Morgan fingerprint density at radius 2 is 1.92 bits per heavy atom. The first-order valence-electron chi connectivity index (χ1n) is 9.35. The number of anilines is 1. The molecule has 1 aromatic heterocycles. The van der Waals surface area contributed by atoms with Gasteiger partial charge in [-0.05, 0) is 24.3 Å². The number of H-pyrrole nitrogens is 1. The van der Waals surface area contributed by atoms with Crippen LogP contribution >= 0.6 is 0 Å². The lowest BCUT2D eigenvalue weighted by Gasteiger charge is -2.30. The summed E-state index contributed by atoms with van der Waals surface area (Å²) in [6.07, 6.45) is 3.24. The summed E-state index contributed by atoms with van der Waals surface area (Å²) in [5.41, 5.74) is 3.25. The van der Waals surface area contributed by atoms with Crippen LogP contribution in [-0.4, -0.2) is 41.0 Å². The van der Waals surface area contributed by atoms with Gasteiger partial charge in [0.15, 0.2) is 0 Å². The lowest BCUT2D eigenvalue weighted by Crippen LogP contribution is -2.38. The van der Waals surface area contributed by atoms with Crippen molar-refractivity contribution in [2.45, 2.75) is 38.6 Å². The maximum absolute atomic E-state index is 12.6. The van der Waals surface area contributed by atoms with Crippen molar-refractivity contribution in [1.82, 2.24) is 14.9 Å². The number of aromatic nitrogens is 2. The molecule has 0 aliphatic carbocycles. The van der Waals surface area contributed by atoms with Crippen LogP contribution in [0.15, 0.2) is 35.1 Å². The van der Waals surface area contributed by atoms with Crippen molar-refractivity contribution in [3.8, 4) is 0 Å². The number of aromatic amines is 1. The quantitative estimate of drug-likeness (QED) is 0.931. The van der Waals surface area contributed by atoms with Gasteiger partial charge in [-0.25, -0.2) is 4.98 Å². The van der Waals surface area contributed by atoms with E-state index in [9.17, 15) is 4.79 Å². The van der Waals surface area contributed by atoms with Gasteiger partial charge >= 0.3 is 0 Å². The minimum absolute atomic E-state index is 0.0453. The Morgan fingerprint density at radius 1 is 1.16 bits per heavy atom. The lowest BCUT2D eigenvalue weighted by molar-refractivity contribution is 0.238. The van der Waals surface area contributed by atoms with Gasteiger partial charge in [-0.15, -0.1) is 0 Å². The Hall–Kier alpha value is -2.14. The Bertz CT molecular complexity index is 780. The van der Waals surface area contributed by atoms with Crippen molar-refractivity contribution in [2.24, 2.45) is 0 Å². The molecule has 25 heavy (non-hydrogen) atoms. The Labute approximate surface area is 148 Å². The first-order valence-corrected chi connectivity index (χ1v) is 9.35. The molecule has 2 aromatic rings. The van der Waals surface area contributed by atoms with Crippen molar-refractivity contribution < 1.29 is 0 Å². The third-order valence-electron chi connectivity index (χ3n) is 5.44. The molecular weight excluding hydrogens is 312 g/mol. The number of nitrogens with one attached hydrogen (secondary N) is 1. The molecule has 1 aromatic carbocycles.